The van der Waals surface area contributed by atoms with Crippen molar-refractivity contribution in [1.29, 1.82) is 0 Å². The molecular weight excluding hydrogens is 369 g/mol. The van der Waals surface area contributed by atoms with Crippen molar-refractivity contribution in [2.24, 2.45) is 0 Å². The number of hydrogen-bond donors (Lipinski definition) is 1. The highest BCUT2D eigenvalue weighted by Crippen LogP contribution is 2.26. The van der Waals surface area contributed by atoms with Crippen LogP contribution in [0.1, 0.15) is 18.9 Å². The van der Waals surface area contributed by atoms with E-state index in [-0.39, 0.29) is 16.6 Å². The van der Waals surface area contributed by atoms with Crippen LogP contribution in [0, 0.1) is 5.82 Å². The summed E-state index contributed by atoms with van der Waals surface area (Å²) in [5, 5.41) is 4.28. The van der Waals surface area contributed by atoms with Crippen LogP contribution in [0.2, 0.25) is 5.02 Å². The van der Waals surface area contributed by atoms with Crippen molar-refractivity contribution < 1.29 is 17.3 Å². The second-order valence-corrected chi connectivity index (χ2v) is 7.35. The van der Waals surface area contributed by atoms with Crippen LogP contribution in [-0.2, 0) is 10.0 Å². The Bertz CT molecular complexity index is 990. The van der Waals surface area contributed by atoms with E-state index >= 15 is 0 Å². The summed E-state index contributed by atoms with van der Waals surface area (Å²) in [6.07, 6.45) is 0. The number of rotatable bonds is 5. The molecule has 1 heterocycles. The van der Waals surface area contributed by atoms with Crippen molar-refractivity contribution in [2.45, 2.75) is 17.9 Å². The third-order valence-corrected chi connectivity index (χ3v) is 5.27. The summed E-state index contributed by atoms with van der Waals surface area (Å²) in [4.78, 5) is 4.12. The van der Waals surface area contributed by atoms with E-state index in [1.807, 2.05) is 0 Å². The second-order valence-electron chi connectivity index (χ2n) is 5.23. The van der Waals surface area contributed by atoms with Gasteiger partial charge in [0, 0.05) is 5.56 Å². The normalized spacial score (nSPS) is 12.9. The quantitative estimate of drug-likeness (QED) is 0.730. The molecule has 130 valence electrons. The molecule has 0 fully saturated rings. The summed E-state index contributed by atoms with van der Waals surface area (Å²) in [5.41, 5.74) is 0.577. The van der Waals surface area contributed by atoms with Gasteiger partial charge in [-0.05, 0) is 43.3 Å². The first-order chi connectivity index (χ1) is 11.9. The van der Waals surface area contributed by atoms with Gasteiger partial charge in [0.25, 0.3) is 0 Å². The van der Waals surface area contributed by atoms with Crippen molar-refractivity contribution in [2.75, 3.05) is 0 Å². The lowest BCUT2D eigenvalue weighted by Gasteiger charge is -2.10. The molecule has 3 rings (SSSR count). The Morgan fingerprint density at radius 3 is 2.52 bits per heavy atom. The van der Waals surface area contributed by atoms with E-state index in [0.29, 0.717) is 10.6 Å². The van der Waals surface area contributed by atoms with Gasteiger partial charge in [-0.3, -0.25) is 0 Å². The molecule has 1 atom stereocenters. The second kappa shape index (κ2) is 6.91. The van der Waals surface area contributed by atoms with Crippen LogP contribution in [0.5, 0.6) is 0 Å². The zero-order chi connectivity index (χ0) is 18.0. The Hall–Kier alpha value is -2.29. The molecule has 1 aromatic heterocycles. The lowest BCUT2D eigenvalue weighted by atomic mass is 10.2. The maximum Gasteiger partial charge on any atom is 0.244 e. The Balaban J connectivity index is 1.81. The number of benzene rings is 2. The molecule has 0 bridgehead atoms. The molecule has 0 aliphatic rings. The van der Waals surface area contributed by atoms with Crippen molar-refractivity contribution in [1.82, 2.24) is 14.9 Å². The number of nitrogens with one attached hydrogen (secondary N) is 1. The van der Waals surface area contributed by atoms with Crippen molar-refractivity contribution in [3.05, 3.63) is 65.3 Å². The van der Waals surface area contributed by atoms with Crippen LogP contribution in [0.15, 0.2) is 57.9 Å². The summed E-state index contributed by atoms with van der Waals surface area (Å²) in [6.45, 7) is 1.56. The van der Waals surface area contributed by atoms with Crippen LogP contribution >= 0.6 is 11.6 Å². The number of aromatic nitrogens is 2. The predicted molar refractivity (Wildman–Crippen MR) is 89.9 cm³/mol. The molecule has 1 N–H and O–H groups in total. The van der Waals surface area contributed by atoms with Gasteiger partial charge in [0.2, 0.25) is 21.7 Å². The van der Waals surface area contributed by atoms with Gasteiger partial charge in [0.1, 0.15) is 5.82 Å². The summed E-state index contributed by atoms with van der Waals surface area (Å²) < 4.78 is 45.1. The topological polar surface area (TPSA) is 85.1 Å². The van der Waals surface area contributed by atoms with E-state index in [1.165, 1.54) is 12.1 Å². The molecule has 0 amide bonds. The van der Waals surface area contributed by atoms with Crippen LogP contribution in [-0.4, -0.2) is 18.6 Å². The molecule has 3 aromatic rings. The molecule has 9 heteroatoms. The number of nitrogens with zero attached hydrogens (tertiary/aromatic N) is 2. The molecule has 0 radical (unpaired) electrons. The average Bonchev–Trinajstić information content (AvgIpc) is 3.05. The maximum absolute atomic E-state index is 12.9. The molecule has 25 heavy (non-hydrogen) atoms. The van der Waals surface area contributed by atoms with Gasteiger partial charge in [0.15, 0.2) is 0 Å². The number of hydrogen-bond acceptors (Lipinski definition) is 5. The van der Waals surface area contributed by atoms with Crippen LogP contribution in [0.4, 0.5) is 4.39 Å². The van der Waals surface area contributed by atoms with E-state index in [2.05, 4.69) is 14.9 Å². The van der Waals surface area contributed by atoms with Gasteiger partial charge in [-0.25, -0.2) is 12.8 Å². The minimum atomic E-state index is -3.86. The van der Waals surface area contributed by atoms with Gasteiger partial charge in [-0.1, -0.05) is 28.9 Å². The van der Waals surface area contributed by atoms with Crippen LogP contribution in [0.25, 0.3) is 11.4 Å². The summed E-state index contributed by atoms with van der Waals surface area (Å²) in [7, 11) is -3.86. The van der Waals surface area contributed by atoms with E-state index in [9.17, 15) is 12.8 Å². The Labute approximate surface area is 148 Å². The molecule has 2 aromatic carbocycles. The minimum absolute atomic E-state index is 0.0633. The van der Waals surface area contributed by atoms with E-state index < -0.39 is 21.9 Å². The zero-order valence-electron chi connectivity index (χ0n) is 13.0. The van der Waals surface area contributed by atoms with Gasteiger partial charge in [-0.15, -0.1) is 0 Å². The Morgan fingerprint density at radius 2 is 1.84 bits per heavy atom. The Morgan fingerprint density at radius 1 is 1.16 bits per heavy atom. The summed E-state index contributed by atoms with van der Waals surface area (Å²) in [6, 6.07) is 10.7. The fourth-order valence-corrected chi connectivity index (χ4v) is 3.54. The minimum Gasteiger partial charge on any atom is -0.337 e. The highest BCUT2D eigenvalue weighted by atomic mass is 35.5. The number of sulfonamides is 1. The SMILES string of the molecule is C[C@@H](NS(=O)(=O)c1ccc(F)cc1)c1nc(-c2ccccc2Cl)no1. The molecule has 0 spiro atoms. The first-order valence-electron chi connectivity index (χ1n) is 7.23. The first kappa shape index (κ1) is 17.5. The monoisotopic (exact) mass is 381 g/mol. The maximum atomic E-state index is 12.9. The predicted octanol–water partition coefficient (Wildman–Crippen LogP) is 3.57. The summed E-state index contributed by atoms with van der Waals surface area (Å²) in [5.74, 6) is -0.178. The van der Waals surface area contributed by atoms with Crippen LogP contribution < -0.4 is 4.72 Å². The van der Waals surface area contributed by atoms with E-state index in [1.54, 1.807) is 31.2 Å². The summed E-state index contributed by atoms with van der Waals surface area (Å²) >= 11 is 6.08. The van der Waals surface area contributed by atoms with Gasteiger partial charge in [0.05, 0.1) is 16.0 Å². The average molecular weight is 382 g/mol. The molecular formula is C16H13ClFN3O3S. The highest BCUT2D eigenvalue weighted by Gasteiger charge is 2.23. The fourth-order valence-electron chi connectivity index (χ4n) is 2.13. The molecule has 0 aliphatic carbocycles. The molecule has 0 unspecified atom stereocenters. The van der Waals surface area contributed by atoms with E-state index in [4.69, 9.17) is 16.1 Å². The zero-order valence-corrected chi connectivity index (χ0v) is 14.6. The standard InChI is InChI=1S/C16H13ClFN3O3S/c1-10(21-25(22,23)12-8-6-11(18)7-9-12)16-19-15(20-24-16)13-4-2-3-5-14(13)17/h2-10,21H,1H3/t10-/m1/s1. The van der Waals surface area contributed by atoms with Crippen LogP contribution in [0.3, 0.4) is 0 Å². The Kier molecular flexibility index (Phi) is 4.85. The third kappa shape index (κ3) is 3.87. The molecule has 0 saturated carbocycles. The van der Waals surface area contributed by atoms with Gasteiger partial charge >= 0.3 is 0 Å². The smallest absolute Gasteiger partial charge is 0.244 e. The molecule has 0 saturated heterocycles. The molecule has 6 nitrogen and oxygen atoms in total. The first-order valence-corrected chi connectivity index (χ1v) is 9.09. The highest BCUT2D eigenvalue weighted by molar-refractivity contribution is 7.89. The van der Waals surface area contributed by atoms with Crippen molar-refractivity contribution in [3.8, 4) is 11.4 Å². The fraction of sp³-hybridized carbons (Fsp3) is 0.125. The van der Waals surface area contributed by atoms with Gasteiger partial charge in [-0.2, -0.15) is 9.71 Å². The largest absolute Gasteiger partial charge is 0.337 e. The molecule has 0 aliphatic heterocycles. The number of halogens is 2. The lowest BCUT2D eigenvalue weighted by molar-refractivity contribution is 0.354. The van der Waals surface area contributed by atoms with Crippen molar-refractivity contribution in [3.63, 3.8) is 0 Å². The lowest BCUT2D eigenvalue weighted by Crippen LogP contribution is -2.27. The third-order valence-electron chi connectivity index (χ3n) is 3.38. The van der Waals surface area contributed by atoms with Crippen molar-refractivity contribution >= 4 is 21.6 Å². The van der Waals surface area contributed by atoms with E-state index in [0.717, 1.165) is 12.1 Å². The van der Waals surface area contributed by atoms with Gasteiger partial charge < -0.3 is 4.52 Å².